The van der Waals surface area contributed by atoms with Crippen molar-refractivity contribution < 1.29 is 13.2 Å². The van der Waals surface area contributed by atoms with Gasteiger partial charge in [0.2, 0.25) is 15.9 Å². The Kier molecular flexibility index (Phi) is 5.91. The van der Waals surface area contributed by atoms with Gasteiger partial charge in [0.05, 0.1) is 4.90 Å². The minimum Gasteiger partial charge on any atom is -0.323 e. The molecule has 0 saturated carbocycles. The van der Waals surface area contributed by atoms with Gasteiger partial charge in [-0.25, -0.2) is 8.42 Å². The first kappa shape index (κ1) is 16.4. The third-order valence-electron chi connectivity index (χ3n) is 2.78. The molecule has 1 aromatic rings. The van der Waals surface area contributed by atoms with Gasteiger partial charge in [-0.1, -0.05) is 19.9 Å². The maximum Gasteiger partial charge on any atom is 0.248 e. The second-order valence-corrected chi connectivity index (χ2v) is 6.04. The Morgan fingerprint density at radius 1 is 1.20 bits per heavy atom. The van der Waals surface area contributed by atoms with Gasteiger partial charge in [-0.3, -0.25) is 4.79 Å². The quantitative estimate of drug-likeness (QED) is 0.819. The average molecular weight is 296 g/mol. The van der Waals surface area contributed by atoms with E-state index in [4.69, 9.17) is 0 Å². The summed E-state index contributed by atoms with van der Waals surface area (Å²) in [6.45, 7) is 6.20. The maximum absolute atomic E-state index is 12.3. The molecule has 0 unspecified atom stereocenters. The molecule has 0 radical (unpaired) electrons. The molecule has 0 spiro atoms. The summed E-state index contributed by atoms with van der Waals surface area (Å²) < 4.78 is 25.9. The Morgan fingerprint density at radius 3 is 2.20 bits per heavy atom. The van der Waals surface area contributed by atoms with Crippen molar-refractivity contribution in [2.45, 2.75) is 25.7 Å². The van der Waals surface area contributed by atoms with Crippen molar-refractivity contribution in [1.82, 2.24) is 4.31 Å². The first-order valence-electron chi connectivity index (χ1n) is 6.49. The summed E-state index contributed by atoms with van der Waals surface area (Å²) in [4.78, 5) is 11.6. The standard InChI is InChI=1S/C14H20N2O3S/c1-4-7-14(17)15-12-8-10-13(11-9-12)20(18,19)16(5-2)6-3/h4,7-11H,5-6H2,1-3H3,(H,15,17)/b7-4+. The average Bonchev–Trinajstić information content (AvgIpc) is 2.40. The molecule has 0 saturated heterocycles. The van der Waals surface area contributed by atoms with Gasteiger partial charge in [0.15, 0.2) is 0 Å². The van der Waals surface area contributed by atoms with E-state index in [1.807, 2.05) is 0 Å². The largest absolute Gasteiger partial charge is 0.323 e. The minimum atomic E-state index is -3.45. The second-order valence-electron chi connectivity index (χ2n) is 4.10. The topological polar surface area (TPSA) is 66.5 Å². The van der Waals surface area contributed by atoms with Crippen molar-refractivity contribution in [3.63, 3.8) is 0 Å². The lowest BCUT2D eigenvalue weighted by atomic mass is 10.3. The van der Waals surface area contributed by atoms with Gasteiger partial charge in [-0.2, -0.15) is 4.31 Å². The molecule has 110 valence electrons. The minimum absolute atomic E-state index is 0.227. The number of anilines is 1. The van der Waals surface area contributed by atoms with Crippen LogP contribution in [0.1, 0.15) is 20.8 Å². The zero-order chi connectivity index (χ0) is 15.2. The first-order chi connectivity index (χ1) is 9.45. The Balaban J connectivity index is 2.94. The van der Waals surface area contributed by atoms with Crippen molar-refractivity contribution >= 4 is 21.6 Å². The van der Waals surface area contributed by atoms with Gasteiger partial charge < -0.3 is 5.32 Å². The number of hydrogen-bond donors (Lipinski definition) is 1. The molecule has 1 N–H and O–H groups in total. The van der Waals surface area contributed by atoms with Gasteiger partial charge >= 0.3 is 0 Å². The number of amides is 1. The molecule has 0 atom stereocenters. The number of carbonyl (C=O) groups is 1. The zero-order valence-corrected chi connectivity index (χ0v) is 12.8. The molecule has 0 heterocycles. The third-order valence-corrected chi connectivity index (χ3v) is 4.85. The van der Waals surface area contributed by atoms with Crippen molar-refractivity contribution in [1.29, 1.82) is 0 Å². The van der Waals surface area contributed by atoms with Crippen LogP contribution >= 0.6 is 0 Å². The molecular formula is C14H20N2O3S. The highest BCUT2D eigenvalue weighted by Gasteiger charge is 2.21. The summed E-state index contributed by atoms with van der Waals surface area (Å²) in [6, 6.07) is 6.16. The van der Waals surface area contributed by atoms with E-state index in [9.17, 15) is 13.2 Å². The van der Waals surface area contributed by atoms with E-state index in [1.165, 1.54) is 22.5 Å². The number of allylic oxidation sites excluding steroid dienone is 1. The van der Waals surface area contributed by atoms with E-state index in [2.05, 4.69) is 5.32 Å². The third kappa shape index (κ3) is 3.91. The van der Waals surface area contributed by atoms with Crippen LogP contribution in [0.15, 0.2) is 41.3 Å². The van der Waals surface area contributed by atoms with Crippen LogP contribution in [-0.4, -0.2) is 31.7 Å². The normalized spacial score (nSPS) is 12.0. The lowest BCUT2D eigenvalue weighted by molar-refractivity contribution is -0.111. The number of hydrogen-bond acceptors (Lipinski definition) is 3. The molecule has 20 heavy (non-hydrogen) atoms. The van der Waals surface area contributed by atoms with Crippen molar-refractivity contribution in [2.75, 3.05) is 18.4 Å². The summed E-state index contributed by atoms with van der Waals surface area (Å²) in [5, 5.41) is 2.64. The van der Waals surface area contributed by atoms with Crippen LogP contribution in [0.3, 0.4) is 0 Å². The molecule has 0 bridgehead atoms. The van der Waals surface area contributed by atoms with E-state index in [0.717, 1.165) is 0 Å². The fraction of sp³-hybridized carbons (Fsp3) is 0.357. The Morgan fingerprint density at radius 2 is 1.75 bits per heavy atom. The Labute approximate surface area is 120 Å². The number of nitrogens with one attached hydrogen (secondary N) is 1. The summed E-state index contributed by atoms with van der Waals surface area (Å²) in [7, 11) is -3.45. The molecule has 6 heteroatoms. The van der Waals surface area contributed by atoms with Crippen LogP contribution in [0.2, 0.25) is 0 Å². The number of carbonyl (C=O) groups excluding carboxylic acids is 1. The number of sulfonamides is 1. The van der Waals surface area contributed by atoms with Crippen LogP contribution in [0, 0.1) is 0 Å². The van der Waals surface area contributed by atoms with Crippen molar-refractivity contribution in [3.8, 4) is 0 Å². The zero-order valence-electron chi connectivity index (χ0n) is 12.0. The molecule has 5 nitrogen and oxygen atoms in total. The van der Waals surface area contributed by atoms with Crippen molar-refractivity contribution in [3.05, 3.63) is 36.4 Å². The summed E-state index contributed by atoms with van der Waals surface area (Å²) >= 11 is 0. The van der Waals surface area contributed by atoms with Gasteiger partial charge in [0.25, 0.3) is 0 Å². The summed E-state index contributed by atoms with van der Waals surface area (Å²) in [5.74, 6) is -0.244. The Hall–Kier alpha value is -1.66. The first-order valence-corrected chi connectivity index (χ1v) is 7.93. The van der Waals surface area contributed by atoms with E-state index in [0.29, 0.717) is 18.8 Å². The predicted molar refractivity (Wildman–Crippen MR) is 80.0 cm³/mol. The van der Waals surface area contributed by atoms with Gasteiger partial charge in [0, 0.05) is 18.8 Å². The van der Waals surface area contributed by atoms with Gasteiger partial charge in [-0.15, -0.1) is 0 Å². The molecule has 1 amide bonds. The molecule has 0 aliphatic carbocycles. The van der Waals surface area contributed by atoms with E-state index >= 15 is 0 Å². The fourth-order valence-electron chi connectivity index (χ4n) is 1.76. The highest BCUT2D eigenvalue weighted by molar-refractivity contribution is 7.89. The SMILES string of the molecule is C/C=C/C(=O)Nc1ccc(S(=O)(=O)N(CC)CC)cc1. The van der Waals surface area contributed by atoms with Gasteiger partial charge in [-0.05, 0) is 37.3 Å². The van der Waals surface area contributed by atoms with Gasteiger partial charge in [0.1, 0.15) is 0 Å². The molecule has 1 aromatic carbocycles. The lowest BCUT2D eigenvalue weighted by Gasteiger charge is -2.18. The van der Waals surface area contributed by atoms with Crippen LogP contribution in [0.4, 0.5) is 5.69 Å². The molecule has 1 rings (SSSR count). The molecule has 0 fully saturated rings. The fourth-order valence-corrected chi connectivity index (χ4v) is 3.22. The smallest absolute Gasteiger partial charge is 0.248 e. The number of rotatable bonds is 6. The maximum atomic E-state index is 12.3. The van der Waals surface area contributed by atoms with E-state index in [-0.39, 0.29) is 10.8 Å². The highest BCUT2D eigenvalue weighted by Crippen LogP contribution is 2.18. The molecule has 0 aliphatic heterocycles. The number of benzene rings is 1. The number of nitrogens with zero attached hydrogens (tertiary/aromatic N) is 1. The summed E-state index contributed by atoms with van der Waals surface area (Å²) in [6.07, 6.45) is 3.04. The molecular weight excluding hydrogens is 276 g/mol. The highest BCUT2D eigenvalue weighted by atomic mass is 32.2. The molecule has 0 aromatic heterocycles. The van der Waals surface area contributed by atoms with Crippen LogP contribution in [-0.2, 0) is 14.8 Å². The van der Waals surface area contributed by atoms with Crippen LogP contribution in [0.25, 0.3) is 0 Å². The monoisotopic (exact) mass is 296 g/mol. The van der Waals surface area contributed by atoms with E-state index in [1.54, 1.807) is 39.0 Å². The van der Waals surface area contributed by atoms with Crippen molar-refractivity contribution in [2.24, 2.45) is 0 Å². The lowest BCUT2D eigenvalue weighted by Crippen LogP contribution is -2.30. The predicted octanol–water partition coefficient (Wildman–Crippen LogP) is 2.23. The Bertz CT molecular complexity index is 573. The van der Waals surface area contributed by atoms with Crippen LogP contribution in [0.5, 0.6) is 0 Å². The van der Waals surface area contributed by atoms with E-state index < -0.39 is 10.0 Å². The molecule has 0 aliphatic rings. The second kappa shape index (κ2) is 7.21. The van der Waals surface area contributed by atoms with Crippen LogP contribution < -0.4 is 5.32 Å². The summed E-state index contributed by atoms with van der Waals surface area (Å²) in [5.41, 5.74) is 0.562.